The van der Waals surface area contributed by atoms with Gasteiger partial charge in [0, 0.05) is 31.8 Å². The first-order valence-corrected chi connectivity index (χ1v) is 12.4. The van der Waals surface area contributed by atoms with Crippen molar-refractivity contribution in [2.45, 2.75) is 19.8 Å². The fraction of sp³-hybridized carbons (Fsp3) is 0.222. The number of piperidine rings is 1. The summed E-state index contributed by atoms with van der Waals surface area (Å²) < 4.78 is 12.7. The molecule has 0 saturated carbocycles. The normalized spacial score (nSPS) is 13.6. The molecule has 0 atom stereocenters. The quantitative estimate of drug-likeness (QED) is 0.261. The Balaban J connectivity index is 1.28. The van der Waals surface area contributed by atoms with Gasteiger partial charge in [0.1, 0.15) is 5.75 Å². The summed E-state index contributed by atoms with van der Waals surface area (Å²) in [5, 5.41) is 16.5. The van der Waals surface area contributed by atoms with Crippen LogP contribution >= 0.6 is 0 Å². The van der Waals surface area contributed by atoms with Crippen molar-refractivity contribution in [1.29, 1.82) is 0 Å². The third kappa shape index (κ3) is 4.35. The van der Waals surface area contributed by atoms with Gasteiger partial charge in [-0.05, 0) is 18.4 Å². The van der Waals surface area contributed by atoms with E-state index in [0.29, 0.717) is 60.2 Å². The molecule has 196 valence electrons. The molecule has 0 bridgehead atoms. The van der Waals surface area contributed by atoms with Crippen molar-refractivity contribution in [2.24, 2.45) is 0 Å². The number of ether oxygens (including phenoxy) is 1. The lowest BCUT2D eigenvalue weighted by molar-refractivity contribution is -0.126. The standard InChI is InChI=1S/C27H24N8O4/c1-16-31-32-26(39-16)21(17-6-4-3-5-7-17)18-8-11-34(12-9-18)27(37)24(36)19-14-28-23-22(19)20(38-2)15-29-25(23)35-13-10-30-33-35/h3-7,10,13-15,28H,8-9,11-12H2,1-2H3. The molecule has 12 nitrogen and oxygen atoms in total. The Morgan fingerprint density at radius 3 is 2.56 bits per heavy atom. The maximum absolute atomic E-state index is 13.5. The van der Waals surface area contributed by atoms with Crippen LogP contribution in [-0.4, -0.2) is 71.9 Å². The summed E-state index contributed by atoms with van der Waals surface area (Å²) in [6.07, 6.45) is 7.32. The van der Waals surface area contributed by atoms with E-state index < -0.39 is 11.7 Å². The Morgan fingerprint density at radius 1 is 1.10 bits per heavy atom. The molecule has 0 spiro atoms. The lowest BCUT2D eigenvalue weighted by Gasteiger charge is -2.29. The molecule has 1 aliphatic rings. The molecule has 4 aromatic heterocycles. The molecule has 5 heterocycles. The van der Waals surface area contributed by atoms with Gasteiger partial charge in [0.05, 0.1) is 42.2 Å². The van der Waals surface area contributed by atoms with Crippen molar-refractivity contribution in [3.05, 3.63) is 83.6 Å². The van der Waals surface area contributed by atoms with Crippen LogP contribution in [0.3, 0.4) is 0 Å². The van der Waals surface area contributed by atoms with Crippen LogP contribution in [0.15, 0.2) is 65.1 Å². The Morgan fingerprint density at radius 2 is 1.90 bits per heavy atom. The van der Waals surface area contributed by atoms with Crippen molar-refractivity contribution < 1.29 is 18.7 Å². The third-order valence-corrected chi connectivity index (χ3v) is 6.76. The molecular weight excluding hydrogens is 500 g/mol. The van der Waals surface area contributed by atoms with Gasteiger partial charge in [-0.2, -0.15) is 0 Å². The van der Waals surface area contributed by atoms with Gasteiger partial charge in [-0.25, -0.2) is 9.67 Å². The number of H-pyrrole nitrogens is 1. The van der Waals surface area contributed by atoms with Gasteiger partial charge in [0.2, 0.25) is 11.8 Å². The number of hydrogen-bond acceptors (Lipinski definition) is 9. The van der Waals surface area contributed by atoms with E-state index in [-0.39, 0.29) is 5.56 Å². The molecule has 0 aliphatic carbocycles. The summed E-state index contributed by atoms with van der Waals surface area (Å²) >= 11 is 0. The number of amides is 1. The predicted molar refractivity (Wildman–Crippen MR) is 139 cm³/mol. The molecule has 1 aliphatic heterocycles. The number of methoxy groups -OCH3 is 1. The van der Waals surface area contributed by atoms with Gasteiger partial charge in [0.25, 0.3) is 11.7 Å². The summed E-state index contributed by atoms with van der Waals surface area (Å²) in [4.78, 5) is 35.9. The van der Waals surface area contributed by atoms with Crippen molar-refractivity contribution in [3.8, 4) is 11.6 Å². The summed E-state index contributed by atoms with van der Waals surface area (Å²) in [7, 11) is 1.49. The minimum Gasteiger partial charge on any atom is -0.494 e. The molecule has 0 radical (unpaired) electrons. The van der Waals surface area contributed by atoms with Crippen LogP contribution in [0.25, 0.3) is 22.3 Å². The Hall–Kier alpha value is -5.13. The molecule has 12 heteroatoms. The summed E-state index contributed by atoms with van der Waals surface area (Å²) in [6.45, 7) is 2.52. The first-order chi connectivity index (χ1) is 19.0. The Bertz CT molecular complexity index is 1690. The Kier molecular flexibility index (Phi) is 6.19. The second-order valence-electron chi connectivity index (χ2n) is 9.04. The fourth-order valence-electron chi connectivity index (χ4n) is 4.90. The van der Waals surface area contributed by atoms with E-state index >= 15 is 0 Å². The van der Waals surface area contributed by atoms with Crippen molar-refractivity contribution in [3.63, 3.8) is 0 Å². The molecule has 1 aromatic carbocycles. The third-order valence-electron chi connectivity index (χ3n) is 6.76. The minimum absolute atomic E-state index is 0.211. The number of nitrogens with zero attached hydrogens (tertiary/aromatic N) is 7. The van der Waals surface area contributed by atoms with Gasteiger partial charge in [0.15, 0.2) is 5.82 Å². The number of nitrogens with one attached hydrogen (secondary N) is 1. The van der Waals surface area contributed by atoms with E-state index in [4.69, 9.17) is 9.15 Å². The van der Waals surface area contributed by atoms with E-state index in [9.17, 15) is 9.59 Å². The number of aryl methyl sites for hydroxylation is 1. The number of aromatic amines is 1. The number of fused-ring (bicyclic) bond motifs is 1. The number of likely N-dealkylation sites (tertiary alicyclic amines) is 1. The summed E-state index contributed by atoms with van der Waals surface area (Å²) in [6, 6.07) is 9.85. The molecule has 1 N–H and O–H groups in total. The summed E-state index contributed by atoms with van der Waals surface area (Å²) in [5.74, 6) is 0.537. The number of Topliss-reactive ketones (excluding diaryl/α,β-unsaturated/α-hetero) is 1. The highest BCUT2D eigenvalue weighted by atomic mass is 16.5. The van der Waals surface area contributed by atoms with E-state index in [1.807, 2.05) is 30.3 Å². The molecule has 1 saturated heterocycles. The van der Waals surface area contributed by atoms with E-state index in [1.165, 1.54) is 30.4 Å². The lowest BCUT2D eigenvalue weighted by atomic mass is 9.92. The highest BCUT2D eigenvalue weighted by Gasteiger charge is 2.31. The lowest BCUT2D eigenvalue weighted by Crippen LogP contribution is -2.40. The molecule has 5 aromatic rings. The number of benzene rings is 1. The predicted octanol–water partition coefficient (Wildman–Crippen LogP) is 3.15. The molecule has 39 heavy (non-hydrogen) atoms. The van der Waals surface area contributed by atoms with Gasteiger partial charge < -0.3 is 19.0 Å². The zero-order valence-corrected chi connectivity index (χ0v) is 21.3. The Labute approximate surface area is 222 Å². The zero-order valence-electron chi connectivity index (χ0n) is 21.3. The smallest absolute Gasteiger partial charge is 0.295 e. The van der Waals surface area contributed by atoms with Crippen molar-refractivity contribution >= 4 is 28.2 Å². The van der Waals surface area contributed by atoms with Crippen LogP contribution in [0, 0.1) is 6.92 Å². The van der Waals surface area contributed by atoms with Gasteiger partial charge in [-0.15, -0.1) is 15.3 Å². The number of rotatable bonds is 6. The minimum atomic E-state index is -0.626. The average Bonchev–Trinajstić information content (AvgIpc) is 3.75. The van der Waals surface area contributed by atoms with Crippen LogP contribution in [0.2, 0.25) is 0 Å². The first-order valence-electron chi connectivity index (χ1n) is 12.4. The highest BCUT2D eigenvalue weighted by Crippen LogP contribution is 2.34. The van der Waals surface area contributed by atoms with Gasteiger partial charge >= 0.3 is 0 Å². The summed E-state index contributed by atoms with van der Waals surface area (Å²) in [5.41, 5.74) is 3.67. The number of pyridine rings is 1. The highest BCUT2D eigenvalue weighted by molar-refractivity contribution is 6.45. The molecule has 6 rings (SSSR count). The number of carbonyl (C=O) groups excluding carboxylic acids is 2. The van der Waals surface area contributed by atoms with Crippen LogP contribution in [-0.2, 0) is 4.79 Å². The van der Waals surface area contributed by atoms with Gasteiger partial charge in [-0.1, -0.05) is 41.1 Å². The average molecular weight is 525 g/mol. The van der Waals surface area contributed by atoms with Gasteiger partial charge in [-0.3, -0.25) is 9.59 Å². The van der Waals surface area contributed by atoms with Crippen LogP contribution in [0.5, 0.6) is 5.75 Å². The monoisotopic (exact) mass is 524 g/mol. The van der Waals surface area contributed by atoms with Crippen LogP contribution in [0.4, 0.5) is 0 Å². The van der Waals surface area contributed by atoms with Crippen LogP contribution < -0.4 is 4.74 Å². The SMILES string of the molecule is COc1cnc(-n2ccnn2)c2[nH]cc(C(=O)C(=O)N3CCC(=C(c4ccccc4)c4nnc(C)o4)CC3)c12. The van der Waals surface area contributed by atoms with E-state index in [1.54, 1.807) is 18.0 Å². The maximum Gasteiger partial charge on any atom is 0.295 e. The van der Waals surface area contributed by atoms with E-state index in [2.05, 4.69) is 30.5 Å². The number of ketones is 1. The topological polar surface area (TPSA) is 145 Å². The maximum atomic E-state index is 13.5. The molecule has 1 amide bonds. The van der Waals surface area contributed by atoms with Crippen molar-refractivity contribution in [1.82, 2.24) is 40.1 Å². The second kappa shape index (κ2) is 9.97. The number of carbonyl (C=O) groups is 2. The van der Waals surface area contributed by atoms with Crippen molar-refractivity contribution in [2.75, 3.05) is 20.2 Å². The molecule has 1 fully saturated rings. The zero-order chi connectivity index (χ0) is 26.9. The fourth-order valence-corrected chi connectivity index (χ4v) is 4.90. The van der Waals surface area contributed by atoms with Crippen LogP contribution in [0.1, 0.15) is 40.5 Å². The molecular formula is C27H24N8O4. The second-order valence-corrected chi connectivity index (χ2v) is 9.04. The molecule has 0 unspecified atom stereocenters. The number of aromatic nitrogens is 7. The van der Waals surface area contributed by atoms with E-state index in [0.717, 1.165) is 16.7 Å². The largest absolute Gasteiger partial charge is 0.494 e. The number of hydrogen-bond donors (Lipinski definition) is 1. The first kappa shape index (κ1) is 24.2.